The number of nitrogens with one attached hydrogen (secondary N) is 1. The minimum absolute atomic E-state index is 0.00591. The number of carboxylic acids is 1. The van der Waals surface area contributed by atoms with Crippen molar-refractivity contribution in [1.29, 1.82) is 0 Å². The SMILES string of the molecule is COc1ccc2c(c1)c(CCNC(=O)c1ccc(C3=c4cc5c6c(c4Oc4c3cc3c7c4CCCN7CCC3)CCC[N+]=6CCC5)c(C(=O)[O-])c1)c(C)n2Cc1ccc(Br)cc1. The molecule has 0 atom stereocenters. The van der Waals surface area contributed by atoms with Crippen LogP contribution in [0.25, 0.3) is 16.5 Å². The molecule has 5 aliphatic heterocycles. The van der Waals surface area contributed by atoms with Crippen LogP contribution in [0, 0.1) is 6.92 Å². The van der Waals surface area contributed by atoms with Crippen molar-refractivity contribution < 1.29 is 24.2 Å². The molecule has 11 rings (SSSR count). The van der Waals surface area contributed by atoms with E-state index < -0.39 is 5.97 Å². The maximum atomic E-state index is 14.0. The van der Waals surface area contributed by atoms with Crippen LogP contribution < -0.4 is 39.9 Å². The van der Waals surface area contributed by atoms with Crippen LogP contribution in [0.5, 0.6) is 17.2 Å². The van der Waals surface area contributed by atoms with Crippen LogP contribution in [0.15, 0.2) is 77.3 Å². The molecule has 0 bridgehead atoms. The number of nitrogens with zero attached hydrogens (tertiary/aromatic N) is 3. The molecule has 0 radical (unpaired) electrons. The molecule has 1 aromatic heterocycles. The number of hydrogen-bond donors (Lipinski definition) is 1. The average Bonchev–Trinajstić information content (AvgIpc) is 3.55. The Hall–Kier alpha value is -5.87. The Kier molecular flexibility index (Phi) is 9.74. The second-order valence-corrected chi connectivity index (χ2v) is 18.5. The minimum Gasteiger partial charge on any atom is -0.545 e. The summed E-state index contributed by atoms with van der Waals surface area (Å²) in [5.41, 5.74) is 13.6. The zero-order valence-electron chi connectivity index (χ0n) is 35.3. The molecule has 5 aromatic carbocycles. The summed E-state index contributed by atoms with van der Waals surface area (Å²) in [6, 6.07) is 24.1. The van der Waals surface area contributed by atoms with Gasteiger partial charge in [-0.25, -0.2) is 4.58 Å². The lowest BCUT2D eigenvalue weighted by atomic mass is 9.81. The highest BCUT2D eigenvalue weighted by Gasteiger charge is 2.36. The van der Waals surface area contributed by atoms with Gasteiger partial charge in [-0.3, -0.25) is 4.79 Å². The standard InChI is InChI=1S/C52H49BrN4O5/c1-30-37(41-28-36(61-2)16-18-45(41)57(30)29-31-11-14-35(53)15-12-31)19-20-54-51(58)34-13-17-38(42(27-34)52(59)60)46-43-25-32-7-3-21-55-23-5-9-39(47(32)55)49(43)62-50-40-10-6-24-56-22-4-8-33(48(40)56)26-44(46)50/h11-18,25-28H,3-10,19-24,29H2,1-2H3,(H-,54,58,59,60). The monoisotopic (exact) mass is 888 g/mol. The van der Waals surface area contributed by atoms with Gasteiger partial charge in [-0.2, -0.15) is 0 Å². The van der Waals surface area contributed by atoms with E-state index in [0.29, 0.717) is 25.1 Å². The third-order valence-electron chi connectivity index (χ3n) is 14.0. The Morgan fingerprint density at radius 3 is 2.44 bits per heavy atom. The first kappa shape index (κ1) is 39.0. The van der Waals surface area contributed by atoms with Crippen LogP contribution >= 0.6 is 15.9 Å². The largest absolute Gasteiger partial charge is 0.545 e. The van der Waals surface area contributed by atoms with Gasteiger partial charge in [0, 0.05) is 104 Å². The number of aryl methyl sites for hydroxylation is 2. The van der Waals surface area contributed by atoms with Gasteiger partial charge in [0.05, 0.1) is 18.6 Å². The molecule has 6 heterocycles. The molecule has 6 aromatic rings. The van der Waals surface area contributed by atoms with Gasteiger partial charge < -0.3 is 34.2 Å². The number of carbonyl (C=O) groups is 2. The Morgan fingerprint density at radius 1 is 0.855 bits per heavy atom. The number of carboxylic acid groups (broad SMARTS) is 1. The number of halogens is 1. The van der Waals surface area contributed by atoms with Crippen molar-refractivity contribution in [3.8, 4) is 17.2 Å². The van der Waals surface area contributed by atoms with Crippen LogP contribution in [-0.2, 0) is 38.6 Å². The van der Waals surface area contributed by atoms with Crippen molar-refractivity contribution in [3.63, 3.8) is 0 Å². The number of hydrogen-bond acceptors (Lipinski definition) is 6. The lowest BCUT2D eigenvalue weighted by Gasteiger charge is -2.39. The molecular formula is C52H49BrN4O5. The molecule has 0 spiro atoms. The number of benzene rings is 5. The third-order valence-corrected chi connectivity index (χ3v) is 14.6. The van der Waals surface area contributed by atoms with Crippen molar-refractivity contribution in [2.45, 2.75) is 71.3 Å². The molecule has 0 fully saturated rings. The molecule has 9 nitrogen and oxygen atoms in total. The number of aromatic nitrogens is 1. The predicted octanol–water partition coefficient (Wildman–Crippen LogP) is 6.54. The highest BCUT2D eigenvalue weighted by molar-refractivity contribution is 9.10. The maximum Gasteiger partial charge on any atom is 0.251 e. The van der Waals surface area contributed by atoms with E-state index >= 15 is 0 Å². The molecular weight excluding hydrogens is 840 g/mol. The smallest absolute Gasteiger partial charge is 0.251 e. The van der Waals surface area contributed by atoms with Crippen LogP contribution in [0.1, 0.15) is 96.6 Å². The molecule has 62 heavy (non-hydrogen) atoms. The summed E-state index contributed by atoms with van der Waals surface area (Å²) in [6.45, 7) is 7.37. The van der Waals surface area contributed by atoms with Crippen molar-refractivity contribution >= 4 is 50.0 Å². The third kappa shape index (κ3) is 6.43. The van der Waals surface area contributed by atoms with Gasteiger partial charge in [-0.1, -0.05) is 34.1 Å². The summed E-state index contributed by atoms with van der Waals surface area (Å²) in [4.78, 5) is 29.8. The van der Waals surface area contributed by atoms with Gasteiger partial charge in [0.15, 0.2) is 0 Å². The summed E-state index contributed by atoms with van der Waals surface area (Å²) in [5.74, 6) is 0.853. The van der Waals surface area contributed by atoms with Crippen LogP contribution in [0.2, 0.25) is 0 Å². The number of rotatable bonds is 9. The highest BCUT2D eigenvalue weighted by Crippen LogP contribution is 2.49. The molecule has 0 saturated carbocycles. The van der Waals surface area contributed by atoms with E-state index in [9.17, 15) is 14.7 Å². The minimum atomic E-state index is -1.31. The van der Waals surface area contributed by atoms with Gasteiger partial charge >= 0.3 is 0 Å². The topological polar surface area (TPSA) is 98.9 Å². The Labute approximate surface area is 369 Å². The normalized spacial score (nSPS) is 16.0. The fraction of sp³-hybridized carbons (Fsp3) is 0.327. The summed E-state index contributed by atoms with van der Waals surface area (Å²) >= 11 is 3.55. The molecule has 5 aliphatic rings. The molecule has 0 saturated heterocycles. The first-order chi connectivity index (χ1) is 30.2. The fourth-order valence-electron chi connectivity index (χ4n) is 11.2. The number of methoxy groups -OCH3 is 1. The average molecular weight is 890 g/mol. The van der Waals surface area contributed by atoms with Crippen molar-refractivity contribution in [2.75, 3.05) is 44.7 Å². The first-order valence-corrected chi connectivity index (χ1v) is 23.0. The number of carbonyl (C=O) groups excluding carboxylic acids is 2. The number of amides is 1. The van der Waals surface area contributed by atoms with Gasteiger partial charge in [0.1, 0.15) is 30.3 Å². The summed E-state index contributed by atoms with van der Waals surface area (Å²) in [7, 11) is 1.67. The molecule has 0 aliphatic carbocycles. The van der Waals surface area contributed by atoms with Gasteiger partial charge in [-0.05, 0) is 129 Å². The Balaban J connectivity index is 0.973. The zero-order chi connectivity index (χ0) is 42.2. The van der Waals surface area contributed by atoms with Gasteiger partial charge in [0.25, 0.3) is 5.91 Å². The van der Waals surface area contributed by atoms with E-state index in [1.54, 1.807) is 13.2 Å². The zero-order valence-corrected chi connectivity index (χ0v) is 36.9. The lowest BCUT2D eigenvalue weighted by molar-refractivity contribution is -0.255. The van der Waals surface area contributed by atoms with Crippen molar-refractivity contribution in [3.05, 3.63) is 149 Å². The van der Waals surface area contributed by atoms with Gasteiger partial charge in [-0.15, -0.1) is 0 Å². The highest BCUT2D eigenvalue weighted by atomic mass is 79.9. The summed E-state index contributed by atoms with van der Waals surface area (Å²) < 4.78 is 18.7. The molecule has 1 N–H and O–H groups in total. The van der Waals surface area contributed by atoms with Crippen LogP contribution in [-0.4, -0.2) is 56.3 Å². The molecule has 10 heteroatoms. The predicted molar refractivity (Wildman–Crippen MR) is 244 cm³/mol. The van der Waals surface area contributed by atoms with E-state index in [0.717, 1.165) is 138 Å². The molecule has 0 unspecified atom stereocenters. The van der Waals surface area contributed by atoms with E-state index in [1.807, 2.05) is 12.1 Å². The van der Waals surface area contributed by atoms with Crippen molar-refractivity contribution in [2.24, 2.45) is 0 Å². The quantitative estimate of drug-likeness (QED) is 0.166. The number of fused-ring (bicyclic) bond motifs is 5. The van der Waals surface area contributed by atoms with E-state index in [1.165, 1.54) is 44.9 Å². The second kappa shape index (κ2) is 15.5. The van der Waals surface area contributed by atoms with E-state index in [2.05, 4.69) is 90.7 Å². The van der Waals surface area contributed by atoms with Gasteiger partial charge in [0.2, 0.25) is 5.36 Å². The molecule has 314 valence electrons. The summed E-state index contributed by atoms with van der Waals surface area (Å²) in [6.07, 6.45) is 8.64. The summed E-state index contributed by atoms with van der Waals surface area (Å²) in [5, 5.41) is 19.8. The second-order valence-electron chi connectivity index (χ2n) is 17.6. The van der Waals surface area contributed by atoms with Crippen LogP contribution in [0.4, 0.5) is 5.69 Å². The van der Waals surface area contributed by atoms with E-state index in [-0.39, 0.29) is 17.0 Å². The van der Waals surface area contributed by atoms with E-state index in [4.69, 9.17) is 9.47 Å². The number of ether oxygens (including phenoxy) is 2. The Morgan fingerprint density at radius 2 is 1.63 bits per heavy atom. The fourth-order valence-corrected chi connectivity index (χ4v) is 11.5. The number of aromatic carboxylic acids is 1. The van der Waals surface area contributed by atoms with Crippen LogP contribution in [0.3, 0.4) is 0 Å². The molecule has 1 amide bonds. The lowest BCUT2D eigenvalue weighted by Crippen LogP contribution is -2.45. The van der Waals surface area contributed by atoms with Crippen molar-refractivity contribution in [1.82, 2.24) is 14.5 Å². The number of anilines is 1. The Bertz CT molecular complexity index is 3020. The maximum absolute atomic E-state index is 14.0. The first-order valence-electron chi connectivity index (χ1n) is 22.2.